The van der Waals surface area contributed by atoms with Crippen molar-refractivity contribution >= 4 is 29.8 Å². The van der Waals surface area contributed by atoms with E-state index in [1.807, 2.05) is 0 Å². The maximum absolute atomic E-state index is 13.2. The fraction of sp³-hybridized carbons (Fsp3) is 0.912. The second-order valence-electron chi connectivity index (χ2n) is 26.0. The molecule has 8 saturated carbocycles. The molecule has 0 aromatic carbocycles. The smallest absolute Gasteiger partial charge is 0.316 e. The lowest BCUT2D eigenvalue weighted by molar-refractivity contribution is -0.166. The molecule has 8 rings (SSSR count). The molecule has 67 heavy (non-hydrogen) atoms. The van der Waals surface area contributed by atoms with Crippen molar-refractivity contribution in [3.05, 3.63) is 0 Å². The number of hydrogen-bond donors (Lipinski definition) is 1. The van der Waals surface area contributed by atoms with Crippen LogP contribution in [0.4, 0.5) is 0 Å². The number of hydrogen-bond acceptors (Lipinski definition) is 9. The van der Waals surface area contributed by atoms with Gasteiger partial charge in [-0.1, -0.05) is 41.5 Å². The van der Waals surface area contributed by atoms with E-state index in [1.54, 1.807) is 0 Å². The number of ether oxygens (including phenoxy) is 4. The van der Waals surface area contributed by atoms with Crippen LogP contribution in [0.15, 0.2) is 0 Å². The van der Waals surface area contributed by atoms with Gasteiger partial charge in [0.1, 0.15) is 30.8 Å². The third-order valence-corrected chi connectivity index (χ3v) is 22.6. The molecule has 1 N–H and O–H groups in total. The molecule has 0 heterocycles. The molecule has 0 unspecified atom stereocenters. The van der Waals surface area contributed by atoms with Crippen LogP contribution < -0.4 is 0 Å². The number of carbonyl (C=O) groups is 5. The van der Waals surface area contributed by atoms with Gasteiger partial charge in [-0.15, -0.1) is 0 Å². The topological polar surface area (TPSA) is 142 Å². The molecule has 0 bridgehead atoms. The van der Waals surface area contributed by atoms with Gasteiger partial charge in [0.25, 0.3) is 0 Å². The molecule has 0 aliphatic heterocycles. The van der Waals surface area contributed by atoms with Crippen LogP contribution in [-0.2, 0) is 42.9 Å². The van der Waals surface area contributed by atoms with Gasteiger partial charge in [-0.2, -0.15) is 0 Å². The van der Waals surface area contributed by atoms with Crippen LogP contribution in [-0.4, -0.2) is 60.4 Å². The lowest BCUT2D eigenvalue weighted by Gasteiger charge is -2.61. The highest BCUT2D eigenvalue weighted by Crippen LogP contribution is 2.70. The first-order chi connectivity index (χ1) is 31.6. The van der Waals surface area contributed by atoms with Crippen molar-refractivity contribution in [2.24, 2.45) is 98.1 Å². The monoisotopic (exact) mass is 935 g/mol. The summed E-state index contributed by atoms with van der Waals surface area (Å²) in [5.74, 6) is 5.21. The lowest BCUT2D eigenvalue weighted by atomic mass is 9.44. The summed E-state index contributed by atoms with van der Waals surface area (Å²) in [6.45, 7) is 18.7. The van der Waals surface area contributed by atoms with E-state index in [2.05, 4.69) is 41.5 Å². The van der Waals surface area contributed by atoms with Gasteiger partial charge in [-0.3, -0.25) is 24.0 Å². The van der Waals surface area contributed by atoms with E-state index >= 15 is 0 Å². The van der Waals surface area contributed by atoms with Crippen LogP contribution in [0.5, 0.6) is 0 Å². The highest BCUT2D eigenvalue weighted by atomic mass is 16.6. The van der Waals surface area contributed by atoms with Crippen molar-refractivity contribution in [2.75, 3.05) is 13.2 Å². The van der Waals surface area contributed by atoms with Crippen molar-refractivity contribution in [1.82, 2.24) is 0 Å². The summed E-state index contributed by atoms with van der Waals surface area (Å²) in [6.07, 6.45) is 23.3. The second-order valence-corrected chi connectivity index (χ2v) is 26.0. The predicted octanol–water partition coefficient (Wildman–Crippen LogP) is 12.2. The number of fused-ring (bicyclic) bond motifs is 10. The summed E-state index contributed by atoms with van der Waals surface area (Å²) >= 11 is 0. The molecule has 10 heteroatoms. The van der Waals surface area contributed by atoms with Crippen LogP contribution in [0.1, 0.15) is 204 Å². The normalized spacial score (nSPS) is 43.8. The van der Waals surface area contributed by atoms with E-state index in [1.165, 1.54) is 97.8 Å². The Morgan fingerprint density at radius 3 is 1.28 bits per heavy atom. The van der Waals surface area contributed by atoms with Gasteiger partial charge in [-0.05, 0) is 228 Å². The van der Waals surface area contributed by atoms with E-state index in [0.29, 0.717) is 58.2 Å². The average molecular weight is 935 g/mol. The van der Waals surface area contributed by atoms with Crippen LogP contribution in [0.2, 0.25) is 0 Å². The van der Waals surface area contributed by atoms with Crippen molar-refractivity contribution in [3.8, 4) is 0 Å². The number of carbonyl (C=O) groups excluding carboxylic acids is 4. The Hall–Kier alpha value is -2.65. The van der Waals surface area contributed by atoms with Crippen molar-refractivity contribution in [1.29, 1.82) is 0 Å². The molecule has 10 nitrogen and oxygen atoms in total. The Bertz CT molecular complexity index is 1720. The molecule has 0 spiro atoms. The van der Waals surface area contributed by atoms with E-state index in [9.17, 15) is 29.1 Å². The minimum atomic E-state index is -1.52. The fourth-order valence-electron chi connectivity index (χ4n) is 19.0. The summed E-state index contributed by atoms with van der Waals surface area (Å²) in [4.78, 5) is 62.5. The molecule has 0 radical (unpaired) electrons. The van der Waals surface area contributed by atoms with Gasteiger partial charge in [0.05, 0.1) is 0 Å². The maximum atomic E-state index is 13.2. The largest absolute Gasteiger partial charge is 0.481 e. The molecule has 18 atom stereocenters. The lowest BCUT2D eigenvalue weighted by Crippen LogP contribution is -2.54. The van der Waals surface area contributed by atoms with E-state index in [-0.39, 0.29) is 73.0 Å². The number of esters is 4. The van der Waals surface area contributed by atoms with Crippen LogP contribution in [0.3, 0.4) is 0 Å². The third-order valence-electron chi connectivity index (χ3n) is 22.6. The van der Waals surface area contributed by atoms with Crippen molar-refractivity contribution in [3.63, 3.8) is 0 Å². The minimum absolute atomic E-state index is 0.0770. The molecular formula is C57H90O10. The van der Waals surface area contributed by atoms with Gasteiger partial charge in [-0.25, -0.2) is 0 Å². The van der Waals surface area contributed by atoms with Gasteiger partial charge >= 0.3 is 29.8 Å². The standard InChI is InChI=1S/C57H90O10/c1-34(44-16-18-46-42-14-12-38-30-40(66-36(3)58)22-26-54(38,6)48(42)24-28-56(44,46)8)10-20-50(60)64-32-53(5,52(62)63)33-65-51(61)21-11-35(2)45-17-19-47-43-15-13-39-31-41(67-37(4)59)23-27-55(39,7)49(43)25-29-57(45,47)9/h34-35,38-49H,10-33H2,1-9H3,(H,62,63)/t34-,35-,38+,39+,40-,41-,42+,43+,44-,45-,46+,47+,48+,49+,54+,55+,56-,57-/m1/s1. The third kappa shape index (κ3) is 9.63. The molecule has 0 saturated heterocycles. The average Bonchev–Trinajstić information content (AvgIpc) is 3.82. The second kappa shape index (κ2) is 19.5. The Kier molecular flexibility index (Phi) is 14.8. The molecule has 0 aromatic rings. The Morgan fingerprint density at radius 2 is 0.910 bits per heavy atom. The molecule has 0 aromatic heterocycles. The molecule has 8 aliphatic carbocycles. The Morgan fingerprint density at radius 1 is 0.537 bits per heavy atom. The molecule has 378 valence electrons. The van der Waals surface area contributed by atoms with Crippen LogP contribution >= 0.6 is 0 Å². The van der Waals surface area contributed by atoms with Crippen LogP contribution in [0.25, 0.3) is 0 Å². The first-order valence-electron chi connectivity index (χ1n) is 27.5. The predicted molar refractivity (Wildman–Crippen MR) is 256 cm³/mol. The molecule has 8 fully saturated rings. The van der Waals surface area contributed by atoms with Gasteiger partial charge in [0.2, 0.25) is 0 Å². The van der Waals surface area contributed by atoms with Crippen molar-refractivity contribution < 1.29 is 48.0 Å². The number of carboxylic acid groups (broad SMARTS) is 1. The van der Waals surface area contributed by atoms with E-state index < -0.39 is 11.4 Å². The Labute approximate surface area is 403 Å². The SMILES string of the molecule is CC(=O)O[C@@H]1CC[C@@]2(C)[C@@H](CC[C@@H]3[C@@H]2CC[C@]2(C)[C@@H]([C@H](C)CCC(=O)OCC(C)(COC(=O)CC[C@@H](C)[C@H]4CC[C@H]5[C@@H]6CC[C@H]7C[C@H](OC(C)=O)CC[C@]7(C)[C@H]6CC[C@]45C)C(=O)O)CC[C@@H]32)C1. The summed E-state index contributed by atoms with van der Waals surface area (Å²) < 4.78 is 22.7. The quantitative estimate of drug-likeness (QED) is 0.125. The van der Waals surface area contributed by atoms with Gasteiger partial charge < -0.3 is 24.1 Å². The summed E-state index contributed by atoms with van der Waals surface area (Å²) in [5, 5.41) is 10.3. The molecular weight excluding hydrogens is 845 g/mol. The van der Waals surface area contributed by atoms with Crippen molar-refractivity contribution in [2.45, 2.75) is 216 Å². The van der Waals surface area contributed by atoms with Gasteiger partial charge in [0.15, 0.2) is 0 Å². The zero-order valence-electron chi connectivity index (χ0n) is 43.2. The van der Waals surface area contributed by atoms with Crippen LogP contribution in [0, 0.1) is 98.1 Å². The maximum Gasteiger partial charge on any atom is 0.316 e. The first-order valence-corrected chi connectivity index (χ1v) is 27.5. The molecule has 8 aliphatic rings. The molecule has 0 amide bonds. The zero-order valence-corrected chi connectivity index (χ0v) is 43.2. The fourth-order valence-corrected chi connectivity index (χ4v) is 19.0. The highest BCUT2D eigenvalue weighted by molar-refractivity contribution is 5.77. The highest BCUT2D eigenvalue weighted by Gasteiger charge is 2.62. The van der Waals surface area contributed by atoms with Gasteiger partial charge in [0, 0.05) is 26.7 Å². The number of carboxylic acids is 1. The zero-order chi connectivity index (χ0) is 48.3. The minimum Gasteiger partial charge on any atom is -0.481 e. The number of rotatable bonds is 15. The van der Waals surface area contributed by atoms with E-state index in [0.717, 1.165) is 75.0 Å². The summed E-state index contributed by atoms with van der Waals surface area (Å²) in [6, 6.07) is 0. The first kappa shape index (κ1) is 50.7. The summed E-state index contributed by atoms with van der Waals surface area (Å²) in [7, 11) is 0. The Balaban J connectivity index is 0.764. The number of aliphatic carboxylic acids is 1. The van der Waals surface area contributed by atoms with E-state index in [4.69, 9.17) is 18.9 Å². The summed E-state index contributed by atoms with van der Waals surface area (Å²) in [5.41, 5.74) is -0.358.